The van der Waals surface area contributed by atoms with Gasteiger partial charge in [0.25, 0.3) is 5.91 Å². The van der Waals surface area contributed by atoms with Crippen LogP contribution < -0.4 is 10.5 Å². The number of halogens is 3. The minimum Gasteiger partial charge on any atom is -0.491 e. The van der Waals surface area contributed by atoms with Gasteiger partial charge in [0.2, 0.25) is 0 Å². The van der Waals surface area contributed by atoms with Crippen molar-refractivity contribution in [1.82, 2.24) is 19.7 Å². The molecule has 1 aliphatic rings. The molecule has 1 amide bonds. The van der Waals surface area contributed by atoms with E-state index < -0.39 is 17.8 Å². The highest BCUT2D eigenvalue weighted by atomic mass is 19.4. The van der Waals surface area contributed by atoms with E-state index in [4.69, 9.17) is 10.5 Å². The molecule has 2 aromatic carbocycles. The molecule has 0 spiro atoms. The molecule has 0 unspecified atom stereocenters. The van der Waals surface area contributed by atoms with Crippen LogP contribution >= 0.6 is 0 Å². The van der Waals surface area contributed by atoms with Crippen molar-refractivity contribution in [2.24, 2.45) is 7.05 Å². The fraction of sp³-hybridized carbons (Fsp3) is 0.261. The molecule has 0 bridgehead atoms. The van der Waals surface area contributed by atoms with Gasteiger partial charge in [-0.1, -0.05) is 6.07 Å². The van der Waals surface area contributed by atoms with Gasteiger partial charge in [-0.25, -0.2) is 4.98 Å². The molecule has 0 saturated carbocycles. The van der Waals surface area contributed by atoms with Crippen LogP contribution in [0.3, 0.4) is 0 Å². The molecule has 0 aliphatic carbocycles. The molecule has 1 aliphatic heterocycles. The third-order valence-electron chi connectivity index (χ3n) is 6.10. The van der Waals surface area contributed by atoms with Crippen LogP contribution in [0.25, 0.3) is 21.8 Å². The first kappa shape index (κ1) is 21.0. The van der Waals surface area contributed by atoms with E-state index in [1.807, 2.05) is 6.92 Å². The van der Waals surface area contributed by atoms with Crippen molar-refractivity contribution in [2.45, 2.75) is 19.1 Å². The van der Waals surface area contributed by atoms with Gasteiger partial charge in [0.05, 0.1) is 33.7 Å². The number of ether oxygens (including phenoxy) is 1. The summed E-state index contributed by atoms with van der Waals surface area (Å²) < 4.78 is 46.2. The Bertz CT molecular complexity index is 1440. The van der Waals surface area contributed by atoms with E-state index in [2.05, 4.69) is 10.1 Å². The summed E-state index contributed by atoms with van der Waals surface area (Å²) in [5.74, 6) is 0.221. The van der Waals surface area contributed by atoms with Gasteiger partial charge >= 0.3 is 6.18 Å². The molecule has 0 saturated heterocycles. The Morgan fingerprint density at radius 3 is 2.73 bits per heavy atom. The Morgan fingerprint density at radius 1 is 1.24 bits per heavy atom. The smallest absolute Gasteiger partial charge is 0.416 e. The van der Waals surface area contributed by atoms with E-state index in [9.17, 15) is 18.0 Å². The van der Waals surface area contributed by atoms with Crippen molar-refractivity contribution in [3.63, 3.8) is 0 Å². The molecule has 2 aromatic heterocycles. The molecule has 33 heavy (non-hydrogen) atoms. The third kappa shape index (κ3) is 3.24. The normalized spacial score (nSPS) is 15.6. The van der Waals surface area contributed by atoms with Crippen LogP contribution in [0.5, 0.6) is 5.75 Å². The summed E-state index contributed by atoms with van der Waals surface area (Å²) in [4.78, 5) is 19.3. The first-order valence-electron chi connectivity index (χ1n) is 10.2. The maximum Gasteiger partial charge on any atom is 0.416 e. The maximum absolute atomic E-state index is 13.3. The van der Waals surface area contributed by atoms with Gasteiger partial charge in [-0.3, -0.25) is 9.48 Å². The Hall–Kier alpha value is -3.82. The highest BCUT2D eigenvalue weighted by Gasteiger charge is 2.36. The number of carbonyl (C=O) groups excluding carboxylic acids is 1. The van der Waals surface area contributed by atoms with Gasteiger partial charge in [0.1, 0.15) is 18.2 Å². The molecular weight excluding hydrogens is 435 g/mol. The van der Waals surface area contributed by atoms with Crippen molar-refractivity contribution in [1.29, 1.82) is 0 Å². The maximum atomic E-state index is 13.3. The second-order valence-electron chi connectivity index (χ2n) is 8.15. The van der Waals surface area contributed by atoms with Crippen LogP contribution in [0, 0.1) is 6.92 Å². The van der Waals surface area contributed by atoms with E-state index in [1.165, 1.54) is 11.0 Å². The number of amides is 1. The highest BCUT2D eigenvalue weighted by Crippen LogP contribution is 2.40. The summed E-state index contributed by atoms with van der Waals surface area (Å²) >= 11 is 0. The number of rotatable bonds is 2. The van der Waals surface area contributed by atoms with Crippen molar-refractivity contribution < 1.29 is 22.7 Å². The fourth-order valence-corrected chi connectivity index (χ4v) is 4.45. The number of aromatic nitrogens is 3. The average Bonchev–Trinajstić information content (AvgIpc) is 3.32. The number of nitrogens with zero attached hydrogens (tertiary/aromatic N) is 4. The number of anilines is 1. The van der Waals surface area contributed by atoms with Gasteiger partial charge in [0, 0.05) is 30.6 Å². The quantitative estimate of drug-likeness (QED) is 0.489. The lowest BCUT2D eigenvalue weighted by Gasteiger charge is -2.24. The molecule has 4 aromatic rings. The molecular formula is C23H20F3N5O2. The molecule has 170 valence electrons. The zero-order chi connectivity index (χ0) is 23.7. The molecule has 0 fully saturated rings. The summed E-state index contributed by atoms with van der Waals surface area (Å²) in [7, 11) is 3.41. The van der Waals surface area contributed by atoms with E-state index >= 15 is 0 Å². The summed E-state index contributed by atoms with van der Waals surface area (Å²) in [5, 5.41) is 5.90. The highest BCUT2D eigenvalue weighted by molar-refractivity contribution is 6.11. The van der Waals surface area contributed by atoms with Crippen LogP contribution in [0.15, 0.2) is 36.4 Å². The molecule has 10 heteroatoms. The molecule has 0 radical (unpaired) electrons. The average molecular weight is 455 g/mol. The lowest BCUT2D eigenvalue weighted by atomic mass is 10.0. The van der Waals surface area contributed by atoms with E-state index in [-0.39, 0.29) is 18.3 Å². The van der Waals surface area contributed by atoms with E-state index in [1.54, 1.807) is 37.0 Å². The Balaban J connectivity index is 1.52. The minimum absolute atomic E-state index is 0.0791. The largest absolute Gasteiger partial charge is 0.491 e. The van der Waals surface area contributed by atoms with E-state index in [0.717, 1.165) is 34.1 Å². The molecule has 2 N–H and O–H groups in total. The van der Waals surface area contributed by atoms with Gasteiger partial charge in [-0.2, -0.15) is 18.3 Å². The number of nitrogen functional groups attached to an aromatic ring is 1. The Kier molecular flexibility index (Phi) is 4.52. The monoisotopic (exact) mass is 455 g/mol. The van der Waals surface area contributed by atoms with Crippen molar-refractivity contribution in [3.05, 3.63) is 58.8 Å². The molecule has 1 atom stereocenters. The molecule has 3 heterocycles. The van der Waals surface area contributed by atoms with Crippen LogP contribution in [-0.2, 0) is 13.2 Å². The Labute approximate surface area is 186 Å². The summed E-state index contributed by atoms with van der Waals surface area (Å²) in [5.41, 5.74) is 8.45. The number of hydrogen-bond acceptors (Lipinski definition) is 5. The summed E-state index contributed by atoms with van der Waals surface area (Å²) in [6.07, 6.45) is -4.46. The first-order chi connectivity index (χ1) is 15.6. The third-order valence-corrected chi connectivity index (χ3v) is 6.10. The number of pyridine rings is 1. The molecule has 5 rings (SSSR count). The number of fused-ring (bicyclic) bond motifs is 4. The number of benzene rings is 2. The fourth-order valence-electron chi connectivity index (χ4n) is 4.45. The van der Waals surface area contributed by atoms with E-state index in [0.29, 0.717) is 22.5 Å². The number of hydrogen-bond donors (Lipinski definition) is 1. The second kappa shape index (κ2) is 7.09. The number of alkyl halides is 3. The SMILES string of the molecule is Cc1nn(C)c2c1c(N)nc1ccc(C(=O)N(C)[C@@H]3COc4cc(C(F)(F)F)ccc43)cc12. The zero-order valence-corrected chi connectivity index (χ0v) is 18.1. The van der Waals surface area contributed by atoms with Crippen LogP contribution in [-0.4, -0.2) is 39.2 Å². The lowest BCUT2D eigenvalue weighted by molar-refractivity contribution is -0.137. The number of aryl methyl sites for hydroxylation is 2. The number of carbonyl (C=O) groups is 1. The standard InChI is InChI=1S/C23H20F3N5O2/c1-11-19-20(31(3)29-11)15-8-12(4-7-16(15)28-21(19)27)22(32)30(2)17-10-33-18-9-13(23(24,25)26)5-6-14(17)18/h4-9,17H,10H2,1-3H3,(H2,27,28)/t17-/m1/s1. The predicted molar refractivity (Wildman–Crippen MR) is 117 cm³/mol. The van der Waals surface area contributed by atoms with Crippen LogP contribution in [0.4, 0.5) is 19.0 Å². The van der Waals surface area contributed by atoms with Crippen molar-refractivity contribution in [2.75, 3.05) is 19.4 Å². The van der Waals surface area contributed by atoms with Gasteiger partial charge in [-0.05, 0) is 37.3 Å². The lowest BCUT2D eigenvalue weighted by Crippen LogP contribution is -2.32. The first-order valence-corrected chi connectivity index (χ1v) is 10.2. The van der Waals surface area contributed by atoms with Crippen LogP contribution in [0.2, 0.25) is 0 Å². The number of nitrogens with two attached hydrogens (primary N) is 1. The van der Waals surface area contributed by atoms with Gasteiger partial charge < -0.3 is 15.4 Å². The van der Waals surface area contributed by atoms with Crippen molar-refractivity contribution in [3.8, 4) is 5.75 Å². The second-order valence-corrected chi connectivity index (χ2v) is 8.15. The minimum atomic E-state index is -4.46. The topological polar surface area (TPSA) is 86.3 Å². The summed E-state index contributed by atoms with van der Waals surface area (Å²) in [6, 6.07) is 7.97. The van der Waals surface area contributed by atoms with Gasteiger partial charge in [0.15, 0.2) is 0 Å². The molecule has 7 nitrogen and oxygen atoms in total. The predicted octanol–water partition coefficient (Wildman–Crippen LogP) is 4.24. The number of likely N-dealkylation sites (N-methyl/N-ethyl adjacent to an activating group) is 1. The Morgan fingerprint density at radius 2 is 2.00 bits per heavy atom. The summed E-state index contributed by atoms with van der Waals surface area (Å²) in [6.45, 7) is 1.92. The van der Waals surface area contributed by atoms with Crippen molar-refractivity contribution >= 4 is 33.5 Å². The van der Waals surface area contributed by atoms with Crippen LogP contribution in [0.1, 0.15) is 33.2 Å². The zero-order valence-electron chi connectivity index (χ0n) is 18.1. The van der Waals surface area contributed by atoms with Gasteiger partial charge in [-0.15, -0.1) is 0 Å².